The lowest BCUT2D eigenvalue weighted by molar-refractivity contribution is -0.137. The molecule has 0 fully saturated rings. The minimum atomic E-state index is -0.741. The van der Waals surface area contributed by atoms with Gasteiger partial charge in [-0.2, -0.15) is 0 Å². The van der Waals surface area contributed by atoms with Gasteiger partial charge in [-0.05, 0) is 37.8 Å². The topological polar surface area (TPSA) is 37.3 Å². The molecule has 2 nitrogen and oxygen atoms in total. The van der Waals surface area contributed by atoms with E-state index < -0.39 is 5.97 Å². The van der Waals surface area contributed by atoms with Gasteiger partial charge in [0.15, 0.2) is 0 Å². The van der Waals surface area contributed by atoms with Gasteiger partial charge in [-0.3, -0.25) is 4.79 Å². The highest BCUT2D eigenvalue weighted by Crippen LogP contribution is 2.14. The van der Waals surface area contributed by atoms with Gasteiger partial charge in [-0.1, -0.05) is 30.5 Å². The highest BCUT2D eigenvalue weighted by atomic mass is 19.1. The molecule has 0 saturated carbocycles. The predicted molar refractivity (Wildman–Crippen MR) is 65.6 cm³/mol. The molecule has 0 radical (unpaired) electrons. The Morgan fingerprint density at radius 1 is 1.24 bits per heavy atom. The summed E-state index contributed by atoms with van der Waals surface area (Å²) in [5.74, 6) is -0.879. The summed E-state index contributed by atoms with van der Waals surface area (Å²) in [5, 5.41) is 8.47. The van der Waals surface area contributed by atoms with E-state index in [1.54, 1.807) is 6.07 Å². The Hall–Kier alpha value is -1.38. The third-order valence-electron chi connectivity index (χ3n) is 2.79. The average Bonchev–Trinajstić information content (AvgIpc) is 2.27. The zero-order chi connectivity index (χ0) is 12.7. The molecule has 1 aromatic carbocycles. The van der Waals surface area contributed by atoms with Crippen molar-refractivity contribution in [2.24, 2.45) is 0 Å². The molecule has 0 heterocycles. The summed E-state index contributed by atoms with van der Waals surface area (Å²) in [5.41, 5.74) is 1.84. The van der Waals surface area contributed by atoms with Gasteiger partial charge in [0.1, 0.15) is 5.82 Å². The van der Waals surface area contributed by atoms with Gasteiger partial charge in [-0.25, -0.2) is 4.39 Å². The molecular formula is C14H19FO2. The van der Waals surface area contributed by atoms with E-state index >= 15 is 0 Å². The van der Waals surface area contributed by atoms with Crippen molar-refractivity contribution >= 4 is 5.97 Å². The van der Waals surface area contributed by atoms with Gasteiger partial charge >= 0.3 is 5.97 Å². The zero-order valence-corrected chi connectivity index (χ0v) is 10.2. The lowest BCUT2D eigenvalue weighted by Gasteiger charge is -2.04. The normalized spacial score (nSPS) is 10.5. The van der Waals surface area contributed by atoms with E-state index in [-0.39, 0.29) is 12.2 Å². The number of carboxylic acids is 1. The Bertz CT molecular complexity index is 374. The molecule has 0 saturated heterocycles. The Morgan fingerprint density at radius 2 is 1.94 bits per heavy atom. The first-order valence-electron chi connectivity index (χ1n) is 6.06. The summed E-state index contributed by atoms with van der Waals surface area (Å²) in [6.45, 7) is 1.95. The highest BCUT2D eigenvalue weighted by Gasteiger charge is 2.02. The van der Waals surface area contributed by atoms with Crippen LogP contribution in [0.4, 0.5) is 4.39 Å². The van der Waals surface area contributed by atoms with Crippen LogP contribution in [-0.4, -0.2) is 11.1 Å². The van der Waals surface area contributed by atoms with E-state index in [1.807, 2.05) is 13.0 Å². The van der Waals surface area contributed by atoms with Crippen molar-refractivity contribution in [3.05, 3.63) is 35.1 Å². The zero-order valence-electron chi connectivity index (χ0n) is 10.2. The molecule has 0 spiro atoms. The molecule has 0 bridgehead atoms. The minimum absolute atomic E-state index is 0.138. The van der Waals surface area contributed by atoms with Crippen molar-refractivity contribution in [2.45, 2.75) is 45.4 Å². The Labute approximate surface area is 101 Å². The van der Waals surface area contributed by atoms with E-state index in [2.05, 4.69) is 0 Å². The Morgan fingerprint density at radius 3 is 2.65 bits per heavy atom. The molecule has 0 amide bonds. The number of hydrogen-bond donors (Lipinski definition) is 1. The summed E-state index contributed by atoms with van der Waals surface area (Å²) in [6, 6.07) is 5.16. The van der Waals surface area contributed by atoms with Crippen molar-refractivity contribution in [1.29, 1.82) is 0 Å². The third-order valence-corrected chi connectivity index (χ3v) is 2.79. The van der Waals surface area contributed by atoms with Crippen molar-refractivity contribution in [3.8, 4) is 0 Å². The van der Waals surface area contributed by atoms with Gasteiger partial charge in [-0.15, -0.1) is 0 Å². The van der Waals surface area contributed by atoms with Crippen LogP contribution >= 0.6 is 0 Å². The van der Waals surface area contributed by atoms with Crippen molar-refractivity contribution in [1.82, 2.24) is 0 Å². The first kappa shape index (κ1) is 13.7. The van der Waals surface area contributed by atoms with Crippen LogP contribution < -0.4 is 0 Å². The van der Waals surface area contributed by atoms with Gasteiger partial charge < -0.3 is 5.11 Å². The fourth-order valence-corrected chi connectivity index (χ4v) is 1.84. The first-order chi connectivity index (χ1) is 8.09. The summed E-state index contributed by atoms with van der Waals surface area (Å²) in [4.78, 5) is 10.3. The standard InChI is InChI=1S/C14H19FO2/c1-11-8-9-13(15)12(10-11)6-4-2-3-5-7-14(16)17/h8-10H,2-7H2,1H3,(H,16,17). The number of aryl methyl sites for hydroxylation is 2. The number of hydrogen-bond acceptors (Lipinski definition) is 1. The number of carboxylic acid groups (broad SMARTS) is 1. The lowest BCUT2D eigenvalue weighted by Crippen LogP contribution is -1.95. The fourth-order valence-electron chi connectivity index (χ4n) is 1.84. The predicted octanol–water partition coefficient (Wildman–Crippen LogP) is 3.71. The Balaban J connectivity index is 2.22. The van der Waals surface area contributed by atoms with Crippen LogP contribution in [0.1, 0.15) is 43.2 Å². The van der Waals surface area contributed by atoms with Gasteiger partial charge in [0.05, 0.1) is 0 Å². The summed E-state index contributed by atoms with van der Waals surface area (Å²) in [6.07, 6.45) is 4.46. The van der Waals surface area contributed by atoms with E-state index in [1.165, 1.54) is 6.07 Å². The van der Waals surface area contributed by atoms with Crippen LogP contribution in [0.5, 0.6) is 0 Å². The van der Waals surface area contributed by atoms with E-state index in [4.69, 9.17) is 5.11 Å². The van der Waals surface area contributed by atoms with Crippen LogP contribution in [0.25, 0.3) is 0 Å². The molecule has 94 valence electrons. The second kappa shape index (κ2) is 7.05. The number of unbranched alkanes of at least 4 members (excludes halogenated alkanes) is 3. The molecule has 1 aromatic rings. The average molecular weight is 238 g/mol. The van der Waals surface area contributed by atoms with Gasteiger partial charge in [0.25, 0.3) is 0 Å². The molecule has 0 aromatic heterocycles. The molecule has 1 N–H and O–H groups in total. The first-order valence-corrected chi connectivity index (χ1v) is 6.06. The largest absolute Gasteiger partial charge is 0.481 e. The molecule has 0 atom stereocenters. The van der Waals surface area contributed by atoms with Crippen LogP contribution in [0.2, 0.25) is 0 Å². The second-order valence-electron chi connectivity index (χ2n) is 4.40. The number of benzene rings is 1. The van der Waals surface area contributed by atoms with E-state index in [0.29, 0.717) is 6.42 Å². The number of rotatable bonds is 7. The maximum absolute atomic E-state index is 13.4. The van der Waals surface area contributed by atoms with E-state index in [9.17, 15) is 9.18 Å². The summed E-state index contributed by atoms with van der Waals surface area (Å²) < 4.78 is 13.4. The van der Waals surface area contributed by atoms with Crippen LogP contribution in [0.3, 0.4) is 0 Å². The highest BCUT2D eigenvalue weighted by molar-refractivity contribution is 5.66. The van der Waals surface area contributed by atoms with Gasteiger partial charge in [0.2, 0.25) is 0 Å². The maximum Gasteiger partial charge on any atom is 0.303 e. The van der Waals surface area contributed by atoms with Crippen LogP contribution in [0, 0.1) is 12.7 Å². The molecule has 17 heavy (non-hydrogen) atoms. The van der Waals surface area contributed by atoms with Crippen molar-refractivity contribution < 1.29 is 14.3 Å². The SMILES string of the molecule is Cc1ccc(F)c(CCCCCCC(=O)O)c1. The molecule has 0 aliphatic heterocycles. The molecular weight excluding hydrogens is 219 g/mol. The van der Waals surface area contributed by atoms with E-state index in [0.717, 1.165) is 36.8 Å². The molecule has 1 rings (SSSR count). The van der Waals surface area contributed by atoms with Crippen LogP contribution in [0.15, 0.2) is 18.2 Å². The smallest absolute Gasteiger partial charge is 0.303 e. The fraction of sp³-hybridized carbons (Fsp3) is 0.500. The monoisotopic (exact) mass is 238 g/mol. The molecule has 3 heteroatoms. The minimum Gasteiger partial charge on any atom is -0.481 e. The third kappa shape index (κ3) is 5.48. The summed E-state index contributed by atoms with van der Waals surface area (Å²) >= 11 is 0. The maximum atomic E-state index is 13.4. The quantitative estimate of drug-likeness (QED) is 0.735. The second-order valence-corrected chi connectivity index (χ2v) is 4.40. The number of halogens is 1. The molecule has 0 unspecified atom stereocenters. The summed E-state index contributed by atoms with van der Waals surface area (Å²) in [7, 11) is 0. The van der Waals surface area contributed by atoms with Crippen molar-refractivity contribution in [2.75, 3.05) is 0 Å². The lowest BCUT2D eigenvalue weighted by atomic mass is 10.0. The van der Waals surface area contributed by atoms with Gasteiger partial charge in [0, 0.05) is 6.42 Å². The van der Waals surface area contributed by atoms with Crippen molar-refractivity contribution in [3.63, 3.8) is 0 Å². The van der Waals surface area contributed by atoms with Crippen LogP contribution in [-0.2, 0) is 11.2 Å². The molecule has 0 aliphatic carbocycles. The Kier molecular flexibility index (Phi) is 5.67. The number of carbonyl (C=O) groups is 1. The number of aliphatic carboxylic acids is 1. The molecule has 0 aliphatic rings.